The fraction of sp³-hybridized carbons (Fsp3) is 0.357. The van der Waals surface area contributed by atoms with Gasteiger partial charge in [0.05, 0.1) is 6.54 Å². The SMILES string of the molecule is Cc1ccc(C)c(OCC(O)Cn2cccn2)c1. The van der Waals surface area contributed by atoms with Crippen LogP contribution in [0.25, 0.3) is 0 Å². The average Bonchev–Trinajstić information content (AvgIpc) is 2.83. The Morgan fingerprint density at radius 2 is 2.22 bits per heavy atom. The minimum absolute atomic E-state index is 0.268. The van der Waals surface area contributed by atoms with Crippen LogP contribution < -0.4 is 4.74 Å². The Morgan fingerprint density at radius 3 is 2.94 bits per heavy atom. The van der Waals surface area contributed by atoms with Gasteiger partial charge in [0.2, 0.25) is 0 Å². The van der Waals surface area contributed by atoms with Gasteiger partial charge < -0.3 is 9.84 Å². The Bertz CT molecular complexity index is 495. The van der Waals surface area contributed by atoms with Crippen LogP contribution in [0.4, 0.5) is 0 Å². The molecular weight excluding hydrogens is 228 g/mol. The maximum absolute atomic E-state index is 9.86. The number of aromatic nitrogens is 2. The highest BCUT2D eigenvalue weighted by molar-refractivity contribution is 5.35. The maximum Gasteiger partial charge on any atom is 0.122 e. The van der Waals surface area contributed by atoms with Crippen LogP contribution in [0, 0.1) is 13.8 Å². The smallest absolute Gasteiger partial charge is 0.122 e. The van der Waals surface area contributed by atoms with E-state index in [1.54, 1.807) is 10.9 Å². The van der Waals surface area contributed by atoms with Gasteiger partial charge in [0, 0.05) is 12.4 Å². The van der Waals surface area contributed by atoms with Gasteiger partial charge >= 0.3 is 0 Å². The second-order valence-electron chi connectivity index (χ2n) is 4.46. The van der Waals surface area contributed by atoms with Gasteiger partial charge in [0.1, 0.15) is 18.5 Å². The Labute approximate surface area is 107 Å². The highest BCUT2D eigenvalue weighted by Crippen LogP contribution is 2.19. The van der Waals surface area contributed by atoms with Gasteiger partial charge in [-0.25, -0.2) is 0 Å². The lowest BCUT2D eigenvalue weighted by molar-refractivity contribution is 0.0890. The number of hydrogen-bond donors (Lipinski definition) is 1. The predicted molar refractivity (Wildman–Crippen MR) is 69.6 cm³/mol. The van der Waals surface area contributed by atoms with Crippen molar-refractivity contribution >= 4 is 0 Å². The fourth-order valence-corrected chi connectivity index (χ4v) is 1.73. The van der Waals surface area contributed by atoms with Crippen molar-refractivity contribution in [3.05, 3.63) is 47.8 Å². The summed E-state index contributed by atoms with van der Waals surface area (Å²) in [6.07, 6.45) is 2.95. The lowest BCUT2D eigenvalue weighted by Crippen LogP contribution is -2.24. The normalized spacial score (nSPS) is 12.4. The van der Waals surface area contributed by atoms with E-state index in [1.807, 2.05) is 44.3 Å². The number of benzene rings is 1. The number of aliphatic hydroxyl groups is 1. The summed E-state index contributed by atoms with van der Waals surface area (Å²) < 4.78 is 7.33. The quantitative estimate of drug-likeness (QED) is 0.877. The van der Waals surface area contributed by atoms with Gasteiger partial charge in [-0.3, -0.25) is 4.68 Å². The Balaban J connectivity index is 1.89. The first kappa shape index (κ1) is 12.6. The van der Waals surface area contributed by atoms with Crippen LogP contribution in [0.1, 0.15) is 11.1 Å². The summed E-state index contributed by atoms with van der Waals surface area (Å²) in [6.45, 7) is 4.73. The van der Waals surface area contributed by atoms with Crippen molar-refractivity contribution in [2.75, 3.05) is 6.61 Å². The first-order chi connectivity index (χ1) is 8.65. The summed E-state index contributed by atoms with van der Waals surface area (Å²) in [4.78, 5) is 0. The van der Waals surface area contributed by atoms with E-state index in [4.69, 9.17) is 4.74 Å². The summed E-state index contributed by atoms with van der Waals surface area (Å²) in [5, 5.41) is 13.9. The standard InChI is InChI=1S/C14H18N2O2/c1-11-4-5-12(2)14(8-11)18-10-13(17)9-16-7-3-6-15-16/h3-8,13,17H,9-10H2,1-2H3. The predicted octanol–water partition coefficient (Wildman–Crippen LogP) is 1.94. The van der Waals surface area contributed by atoms with Gasteiger partial charge in [-0.1, -0.05) is 12.1 Å². The lowest BCUT2D eigenvalue weighted by atomic mass is 10.1. The van der Waals surface area contributed by atoms with Crippen molar-refractivity contribution in [3.63, 3.8) is 0 Å². The van der Waals surface area contributed by atoms with E-state index in [1.165, 1.54) is 0 Å². The van der Waals surface area contributed by atoms with Crippen LogP contribution in [-0.4, -0.2) is 27.6 Å². The topological polar surface area (TPSA) is 47.3 Å². The van der Waals surface area contributed by atoms with Gasteiger partial charge in [0.15, 0.2) is 0 Å². The second kappa shape index (κ2) is 5.69. The molecular formula is C14H18N2O2. The summed E-state index contributed by atoms with van der Waals surface area (Å²) in [5.74, 6) is 0.828. The molecule has 1 heterocycles. The van der Waals surface area contributed by atoms with E-state index >= 15 is 0 Å². The molecule has 0 saturated heterocycles. The molecule has 0 amide bonds. The number of aliphatic hydroxyl groups excluding tert-OH is 1. The van der Waals surface area contributed by atoms with E-state index in [-0.39, 0.29) is 6.61 Å². The molecule has 2 rings (SSSR count). The van der Waals surface area contributed by atoms with Crippen molar-refractivity contribution in [1.82, 2.24) is 9.78 Å². The van der Waals surface area contributed by atoms with Crippen molar-refractivity contribution in [1.29, 1.82) is 0 Å². The monoisotopic (exact) mass is 246 g/mol. The molecule has 0 spiro atoms. The van der Waals surface area contributed by atoms with Crippen LogP contribution in [0.15, 0.2) is 36.7 Å². The second-order valence-corrected chi connectivity index (χ2v) is 4.46. The minimum atomic E-state index is -0.565. The molecule has 1 atom stereocenters. The van der Waals surface area contributed by atoms with Gasteiger partial charge in [-0.15, -0.1) is 0 Å². The average molecular weight is 246 g/mol. The molecule has 2 aromatic rings. The van der Waals surface area contributed by atoms with Gasteiger partial charge in [-0.05, 0) is 37.1 Å². The molecule has 1 unspecified atom stereocenters. The lowest BCUT2D eigenvalue weighted by Gasteiger charge is -2.14. The Kier molecular flexibility index (Phi) is 3.99. The number of rotatable bonds is 5. The number of ether oxygens (including phenoxy) is 1. The molecule has 18 heavy (non-hydrogen) atoms. The maximum atomic E-state index is 9.86. The highest BCUT2D eigenvalue weighted by atomic mass is 16.5. The van der Waals surface area contributed by atoms with Gasteiger partial charge in [-0.2, -0.15) is 5.10 Å². The molecule has 0 aliphatic rings. The number of nitrogens with zero attached hydrogens (tertiary/aromatic N) is 2. The zero-order valence-electron chi connectivity index (χ0n) is 10.7. The highest BCUT2D eigenvalue weighted by Gasteiger charge is 2.08. The first-order valence-corrected chi connectivity index (χ1v) is 6.00. The fourth-order valence-electron chi connectivity index (χ4n) is 1.73. The summed E-state index contributed by atoms with van der Waals surface area (Å²) in [6, 6.07) is 7.88. The van der Waals surface area contributed by atoms with Crippen LogP contribution in [0.5, 0.6) is 5.75 Å². The van der Waals surface area contributed by atoms with Crippen LogP contribution in [0.2, 0.25) is 0 Å². The minimum Gasteiger partial charge on any atom is -0.491 e. The van der Waals surface area contributed by atoms with Crippen LogP contribution in [-0.2, 0) is 6.54 Å². The van der Waals surface area contributed by atoms with E-state index in [2.05, 4.69) is 5.10 Å². The molecule has 0 aliphatic heterocycles. The number of hydrogen-bond acceptors (Lipinski definition) is 3. The van der Waals surface area contributed by atoms with Crippen molar-refractivity contribution in [2.45, 2.75) is 26.5 Å². The molecule has 0 bridgehead atoms. The van der Waals surface area contributed by atoms with Crippen molar-refractivity contribution in [3.8, 4) is 5.75 Å². The molecule has 0 aliphatic carbocycles. The van der Waals surface area contributed by atoms with Crippen molar-refractivity contribution < 1.29 is 9.84 Å². The molecule has 1 N–H and O–H groups in total. The molecule has 1 aromatic heterocycles. The van der Waals surface area contributed by atoms with E-state index in [0.717, 1.165) is 16.9 Å². The molecule has 0 radical (unpaired) electrons. The molecule has 4 nitrogen and oxygen atoms in total. The van der Waals surface area contributed by atoms with Crippen LogP contribution in [0.3, 0.4) is 0 Å². The summed E-state index contributed by atoms with van der Waals surface area (Å²) >= 11 is 0. The first-order valence-electron chi connectivity index (χ1n) is 6.00. The van der Waals surface area contributed by atoms with Crippen LogP contribution >= 0.6 is 0 Å². The third-order valence-corrected chi connectivity index (χ3v) is 2.73. The Hall–Kier alpha value is -1.81. The number of aryl methyl sites for hydroxylation is 2. The summed E-state index contributed by atoms with van der Waals surface area (Å²) in [7, 11) is 0. The van der Waals surface area contributed by atoms with E-state index in [0.29, 0.717) is 6.54 Å². The van der Waals surface area contributed by atoms with E-state index < -0.39 is 6.10 Å². The largest absolute Gasteiger partial charge is 0.491 e. The third-order valence-electron chi connectivity index (χ3n) is 2.73. The molecule has 1 aromatic carbocycles. The van der Waals surface area contributed by atoms with Gasteiger partial charge in [0.25, 0.3) is 0 Å². The Morgan fingerprint density at radius 1 is 1.39 bits per heavy atom. The molecule has 0 fully saturated rings. The molecule has 4 heteroatoms. The van der Waals surface area contributed by atoms with E-state index in [9.17, 15) is 5.11 Å². The zero-order chi connectivity index (χ0) is 13.0. The third kappa shape index (κ3) is 3.34. The summed E-state index contributed by atoms with van der Waals surface area (Å²) in [5.41, 5.74) is 2.23. The molecule has 96 valence electrons. The van der Waals surface area contributed by atoms with Crippen molar-refractivity contribution in [2.24, 2.45) is 0 Å². The zero-order valence-corrected chi connectivity index (χ0v) is 10.7. The molecule has 0 saturated carbocycles.